The van der Waals surface area contributed by atoms with Crippen LogP contribution in [0.1, 0.15) is 17.3 Å². The molecule has 1 heterocycles. The van der Waals surface area contributed by atoms with E-state index in [1.54, 1.807) is 17.5 Å². The second kappa shape index (κ2) is 7.63. The molecule has 0 aliphatic heterocycles. The SMILES string of the molecule is COC(=O)C[C@H](NS(=O)(=O)c1cc(Cl)ccc1Cl)c1cccs1. The quantitative estimate of drug-likeness (QED) is 0.760. The maximum absolute atomic E-state index is 12.6. The molecule has 0 amide bonds. The van der Waals surface area contributed by atoms with E-state index in [0.29, 0.717) is 4.88 Å². The van der Waals surface area contributed by atoms with Crippen molar-refractivity contribution in [3.63, 3.8) is 0 Å². The van der Waals surface area contributed by atoms with Gasteiger partial charge in [-0.25, -0.2) is 13.1 Å². The monoisotopic (exact) mass is 393 g/mol. The maximum Gasteiger partial charge on any atom is 0.307 e. The van der Waals surface area contributed by atoms with Crippen LogP contribution in [0.25, 0.3) is 0 Å². The molecule has 2 rings (SSSR count). The third-order valence-corrected chi connectivity index (χ3v) is 6.14. The highest BCUT2D eigenvalue weighted by molar-refractivity contribution is 7.89. The average molecular weight is 394 g/mol. The molecule has 124 valence electrons. The number of rotatable bonds is 6. The van der Waals surface area contributed by atoms with Crippen molar-refractivity contribution in [1.82, 2.24) is 4.72 Å². The number of benzene rings is 1. The fourth-order valence-electron chi connectivity index (χ4n) is 1.87. The summed E-state index contributed by atoms with van der Waals surface area (Å²) >= 11 is 13.1. The first-order valence-electron chi connectivity index (χ1n) is 6.41. The Balaban J connectivity index is 2.34. The Hall–Kier alpha value is -1.12. The summed E-state index contributed by atoms with van der Waals surface area (Å²) in [6.45, 7) is 0. The third kappa shape index (κ3) is 4.68. The van der Waals surface area contributed by atoms with Gasteiger partial charge in [-0.2, -0.15) is 0 Å². The van der Waals surface area contributed by atoms with E-state index in [1.807, 2.05) is 0 Å². The molecular weight excluding hydrogens is 381 g/mol. The van der Waals surface area contributed by atoms with Gasteiger partial charge in [0.2, 0.25) is 10.0 Å². The fraction of sp³-hybridized carbons (Fsp3) is 0.214. The molecule has 9 heteroatoms. The van der Waals surface area contributed by atoms with Gasteiger partial charge in [-0.1, -0.05) is 29.3 Å². The highest BCUT2D eigenvalue weighted by Crippen LogP contribution is 2.29. The van der Waals surface area contributed by atoms with Crippen molar-refractivity contribution >= 4 is 50.5 Å². The normalized spacial score (nSPS) is 12.8. The summed E-state index contributed by atoms with van der Waals surface area (Å²) in [7, 11) is -2.71. The van der Waals surface area contributed by atoms with Crippen LogP contribution in [-0.2, 0) is 19.6 Å². The molecule has 0 fully saturated rings. The Kier molecular flexibility index (Phi) is 6.05. The van der Waals surface area contributed by atoms with Crippen molar-refractivity contribution < 1.29 is 17.9 Å². The van der Waals surface area contributed by atoms with Gasteiger partial charge in [0.05, 0.1) is 24.6 Å². The molecule has 0 aliphatic rings. The van der Waals surface area contributed by atoms with Gasteiger partial charge in [0.25, 0.3) is 0 Å². The summed E-state index contributed by atoms with van der Waals surface area (Å²) in [6, 6.07) is 6.91. The Labute approximate surface area is 148 Å². The van der Waals surface area contributed by atoms with Gasteiger partial charge in [0.15, 0.2) is 0 Å². The van der Waals surface area contributed by atoms with Crippen molar-refractivity contribution in [2.45, 2.75) is 17.4 Å². The van der Waals surface area contributed by atoms with Crippen LogP contribution >= 0.6 is 34.5 Å². The predicted molar refractivity (Wildman–Crippen MR) is 90.5 cm³/mol. The zero-order valence-electron chi connectivity index (χ0n) is 12.0. The molecule has 1 aromatic heterocycles. The Bertz CT molecular complexity index is 791. The molecule has 23 heavy (non-hydrogen) atoms. The topological polar surface area (TPSA) is 72.5 Å². The first-order chi connectivity index (χ1) is 10.8. The summed E-state index contributed by atoms with van der Waals surface area (Å²) in [4.78, 5) is 12.1. The molecule has 0 radical (unpaired) electrons. The molecule has 1 atom stereocenters. The largest absolute Gasteiger partial charge is 0.469 e. The van der Waals surface area contributed by atoms with Gasteiger partial charge < -0.3 is 4.74 Å². The Morgan fingerprint density at radius 2 is 2.09 bits per heavy atom. The summed E-state index contributed by atoms with van der Waals surface area (Å²) < 4.78 is 32.3. The number of halogens is 2. The second-order valence-corrected chi connectivity index (χ2v) is 8.05. The standard InChI is InChI=1S/C14H13Cl2NO4S2/c1-21-14(18)8-11(12-3-2-6-22-12)17-23(19,20)13-7-9(15)4-5-10(13)16/h2-7,11,17H,8H2,1H3/t11-/m0/s1. The second-order valence-electron chi connectivity index (χ2n) is 4.54. The summed E-state index contributed by atoms with van der Waals surface area (Å²) in [5.41, 5.74) is 0. The Morgan fingerprint density at radius 3 is 2.70 bits per heavy atom. The van der Waals surface area contributed by atoms with E-state index in [4.69, 9.17) is 23.2 Å². The lowest BCUT2D eigenvalue weighted by Gasteiger charge is -2.17. The molecule has 1 aromatic carbocycles. The number of hydrogen-bond donors (Lipinski definition) is 1. The van der Waals surface area contributed by atoms with Crippen molar-refractivity contribution in [3.05, 3.63) is 50.6 Å². The minimum absolute atomic E-state index is 0.0462. The molecule has 0 aliphatic carbocycles. The lowest BCUT2D eigenvalue weighted by atomic mass is 10.2. The number of sulfonamides is 1. The molecule has 0 spiro atoms. The first kappa shape index (κ1) is 18.2. The molecule has 2 aromatic rings. The molecule has 1 N–H and O–H groups in total. The molecule has 0 saturated heterocycles. The number of nitrogens with one attached hydrogen (secondary N) is 1. The minimum Gasteiger partial charge on any atom is -0.469 e. The highest BCUT2D eigenvalue weighted by Gasteiger charge is 2.26. The number of methoxy groups -OCH3 is 1. The van der Waals surface area contributed by atoms with E-state index in [-0.39, 0.29) is 21.4 Å². The van der Waals surface area contributed by atoms with Gasteiger partial charge in [0, 0.05) is 9.90 Å². The van der Waals surface area contributed by atoms with Gasteiger partial charge in [-0.05, 0) is 29.6 Å². The molecule has 5 nitrogen and oxygen atoms in total. The highest BCUT2D eigenvalue weighted by atomic mass is 35.5. The van der Waals surface area contributed by atoms with Crippen LogP contribution in [0.2, 0.25) is 10.0 Å². The van der Waals surface area contributed by atoms with Crippen molar-refractivity contribution in [3.8, 4) is 0 Å². The van der Waals surface area contributed by atoms with Crippen LogP contribution in [-0.4, -0.2) is 21.5 Å². The summed E-state index contributed by atoms with van der Waals surface area (Å²) in [6.07, 6.45) is -0.131. The van der Waals surface area contributed by atoms with Gasteiger partial charge in [-0.15, -0.1) is 11.3 Å². The molecule has 0 saturated carbocycles. The number of esters is 1. The number of carbonyl (C=O) groups excluding carboxylic acids is 1. The van der Waals surface area contributed by atoms with Crippen LogP contribution < -0.4 is 4.72 Å². The van der Waals surface area contributed by atoms with E-state index < -0.39 is 22.0 Å². The van der Waals surface area contributed by atoms with Gasteiger partial charge in [-0.3, -0.25) is 4.79 Å². The van der Waals surface area contributed by atoms with E-state index in [2.05, 4.69) is 9.46 Å². The Morgan fingerprint density at radius 1 is 1.35 bits per heavy atom. The number of thiophene rings is 1. The smallest absolute Gasteiger partial charge is 0.307 e. The zero-order valence-corrected chi connectivity index (χ0v) is 15.1. The minimum atomic E-state index is -3.96. The van der Waals surface area contributed by atoms with Crippen LogP contribution in [0, 0.1) is 0 Å². The number of carbonyl (C=O) groups is 1. The number of ether oxygens (including phenoxy) is 1. The van der Waals surface area contributed by atoms with E-state index in [9.17, 15) is 13.2 Å². The van der Waals surface area contributed by atoms with Crippen LogP contribution in [0.15, 0.2) is 40.6 Å². The van der Waals surface area contributed by atoms with E-state index in [1.165, 1.54) is 36.6 Å². The van der Waals surface area contributed by atoms with Gasteiger partial charge in [0.1, 0.15) is 4.90 Å². The zero-order chi connectivity index (χ0) is 17.0. The molecule has 0 unspecified atom stereocenters. The van der Waals surface area contributed by atoms with Crippen LogP contribution in [0.5, 0.6) is 0 Å². The maximum atomic E-state index is 12.6. The van der Waals surface area contributed by atoms with Crippen molar-refractivity contribution in [2.75, 3.05) is 7.11 Å². The van der Waals surface area contributed by atoms with E-state index in [0.717, 1.165) is 0 Å². The average Bonchev–Trinajstić information content (AvgIpc) is 3.03. The van der Waals surface area contributed by atoms with E-state index >= 15 is 0 Å². The lowest BCUT2D eigenvalue weighted by Crippen LogP contribution is -2.30. The van der Waals surface area contributed by atoms with Crippen molar-refractivity contribution in [2.24, 2.45) is 0 Å². The van der Waals surface area contributed by atoms with Crippen LogP contribution in [0.3, 0.4) is 0 Å². The first-order valence-corrected chi connectivity index (χ1v) is 9.53. The fourth-order valence-corrected chi connectivity index (χ4v) is 4.70. The summed E-state index contributed by atoms with van der Waals surface area (Å²) in [5.74, 6) is -0.525. The molecular formula is C14H13Cl2NO4S2. The van der Waals surface area contributed by atoms with Crippen LogP contribution in [0.4, 0.5) is 0 Å². The third-order valence-electron chi connectivity index (χ3n) is 2.97. The lowest BCUT2D eigenvalue weighted by molar-refractivity contribution is -0.141. The number of hydrogen-bond acceptors (Lipinski definition) is 5. The van der Waals surface area contributed by atoms with Crippen molar-refractivity contribution in [1.29, 1.82) is 0 Å². The molecule has 0 bridgehead atoms. The summed E-state index contributed by atoms with van der Waals surface area (Å²) in [5, 5.41) is 2.08. The van der Waals surface area contributed by atoms with Gasteiger partial charge >= 0.3 is 5.97 Å². The predicted octanol–water partition coefficient (Wildman–Crippen LogP) is 3.64.